The van der Waals surface area contributed by atoms with Gasteiger partial charge in [-0.15, -0.1) is 0 Å². The second-order valence-corrected chi connectivity index (χ2v) is 4.09. The summed E-state index contributed by atoms with van der Waals surface area (Å²) in [6.07, 6.45) is 1.76. The maximum Gasteiger partial charge on any atom is 0.239 e. The van der Waals surface area contributed by atoms with Crippen LogP contribution in [0.2, 0.25) is 0 Å². The zero-order valence-corrected chi connectivity index (χ0v) is 11.6. The first-order valence-electron chi connectivity index (χ1n) is 6.35. The standard InChI is InChI=1S/C14H18N4O2/c1-3-20-14-11(15)5-6-12(18-14)16-8-10-4-7-13(19-2)17-9-10/h4-7,9H,3,8,15H2,1-2H3,(H,16,18). The van der Waals surface area contributed by atoms with Gasteiger partial charge in [-0.1, -0.05) is 6.07 Å². The van der Waals surface area contributed by atoms with Crippen LogP contribution >= 0.6 is 0 Å². The molecule has 0 saturated heterocycles. The van der Waals surface area contributed by atoms with Crippen molar-refractivity contribution in [1.82, 2.24) is 9.97 Å². The van der Waals surface area contributed by atoms with Crippen molar-refractivity contribution < 1.29 is 9.47 Å². The lowest BCUT2D eigenvalue weighted by Gasteiger charge is -2.10. The lowest BCUT2D eigenvalue weighted by atomic mass is 10.3. The van der Waals surface area contributed by atoms with Crippen molar-refractivity contribution in [2.24, 2.45) is 0 Å². The fourth-order valence-electron chi connectivity index (χ4n) is 1.63. The van der Waals surface area contributed by atoms with Gasteiger partial charge >= 0.3 is 0 Å². The van der Waals surface area contributed by atoms with E-state index in [9.17, 15) is 0 Å². The highest BCUT2D eigenvalue weighted by molar-refractivity contribution is 5.53. The molecule has 2 aromatic rings. The van der Waals surface area contributed by atoms with Crippen LogP contribution in [0.3, 0.4) is 0 Å². The zero-order chi connectivity index (χ0) is 14.4. The van der Waals surface area contributed by atoms with Crippen LogP contribution in [0, 0.1) is 0 Å². The predicted octanol–water partition coefficient (Wildman–Crippen LogP) is 2.08. The number of nitrogens with one attached hydrogen (secondary N) is 1. The number of ether oxygens (including phenoxy) is 2. The van der Waals surface area contributed by atoms with E-state index in [0.717, 1.165) is 5.56 Å². The van der Waals surface area contributed by atoms with E-state index >= 15 is 0 Å². The van der Waals surface area contributed by atoms with Gasteiger partial charge in [0.05, 0.1) is 19.4 Å². The van der Waals surface area contributed by atoms with Crippen LogP contribution in [-0.2, 0) is 6.54 Å². The Hall–Kier alpha value is -2.50. The number of anilines is 2. The van der Waals surface area contributed by atoms with E-state index in [1.807, 2.05) is 25.1 Å². The van der Waals surface area contributed by atoms with E-state index in [1.54, 1.807) is 19.4 Å². The molecular formula is C14H18N4O2. The van der Waals surface area contributed by atoms with Crippen LogP contribution < -0.4 is 20.5 Å². The fraction of sp³-hybridized carbons (Fsp3) is 0.286. The fourth-order valence-corrected chi connectivity index (χ4v) is 1.63. The summed E-state index contributed by atoms with van der Waals surface area (Å²) >= 11 is 0. The summed E-state index contributed by atoms with van der Waals surface area (Å²) in [6, 6.07) is 7.35. The number of aromatic nitrogens is 2. The number of nitrogens with two attached hydrogens (primary N) is 1. The van der Waals surface area contributed by atoms with E-state index in [1.165, 1.54) is 0 Å². The van der Waals surface area contributed by atoms with Gasteiger partial charge < -0.3 is 20.5 Å². The molecule has 6 nitrogen and oxygen atoms in total. The van der Waals surface area contributed by atoms with E-state index in [-0.39, 0.29) is 0 Å². The second kappa shape index (κ2) is 6.60. The minimum atomic E-state index is 0.449. The summed E-state index contributed by atoms with van der Waals surface area (Å²) < 4.78 is 10.4. The SMILES string of the molecule is CCOc1nc(NCc2ccc(OC)nc2)ccc1N. The van der Waals surface area contributed by atoms with Gasteiger partial charge in [-0.05, 0) is 24.6 Å². The molecule has 20 heavy (non-hydrogen) atoms. The molecule has 0 unspecified atom stereocenters. The molecule has 2 aromatic heterocycles. The molecule has 2 heterocycles. The van der Waals surface area contributed by atoms with Crippen LogP contribution in [0.1, 0.15) is 12.5 Å². The number of nitrogen functional groups attached to an aromatic ring is 1. The molecule has 0 radical (unpaired) electrons. The van der Waals surface area contributed by atoms with E-state index in [2.05, 4.69) is 15.3 Å². The Morgan fingerprint density at radius 3 is 2.75 bits per heavy atom. The molecule has 3 N–H and O–H groups in total. The first-order valence-corrected chi connectivity index (χ1v) is 6.35. The monoisotopic (exact) mass is 274 g/mol. The van der Waals surface area contributed by atoms with Gasteiger partial charge in [-0.25, -0.2) is 4.98 Å². The molecule has 0 atom stereocenters. The van der Waals surface area contributed by atoms with Gasteiger partial charge in [0, 0.05) is 18.8 Å². The predicted molar refractivity (Wildman–Crippen MR) is 77.9 cm³/mol. The van der Waals surface area contributed by atoms with Crippen LogP contribution in [0.5, 0.6) is 11.8 Å². The first-order chi connectivity index (χ1) is 9.72. The van der Waals surface area contributed by atoms with Crippen molar-refractivity contribution in [2.75, 3.05) is 24.8 Å². The van der Waals surface area contributed by atoms with Crippen LogP contribution in [-0.4, -0.2) is 23.7 Å². The number of hydrogen-bond donors (Lipinski definition) is 2. The second-order valence-electron chi connectivity index (χ2n) is 4.09. The van der Waals surface area contributed by atoms with Crippen molar-refractivity contribution in [3.05, 3.63) is 36.0 Å². The normalized spacial score (nSPS) is 10.1. The third kappa shape index (κ3) is 3.50. The smallest absolute Gasteiger partial charge is 0.239 e. The molecule has 0 bridgehead atoms. The molecule has 0 fully saturated rings. The molecule has 0 saturated carbocycles. The zero-order valence-electron chi connectivity index (χ0n) is 11.6. The maximum atomic E-state index is 5.78. The molecule has 6 heteroatoms. The quantitative estimate of drug-likeness (QED) is 0.839. The Labute approximate surface area is 118 Å². The highest BCUT2D eigenvalue weighted by Crippen LogP contribution is 2.21. The minimum absolute atomic E-state index is 0.449. The number of rotatable bonds is 6. The average Bonchev–Trinajstić information content (AvgIpc) is 2.49. The van der Waals surface area contributed by atoms with Gasteiger partial charge in [-0.2, -0.15) is 4.98 Å². The lowest BCUT2D eigenvalue weighted by molar-refractivity contribution is 0.329. The van der Waals surface area contributed by atoms with Crippen LogP contribution in [0.4, 0.5) is 11.5 Å². The Morgan fingerprint density at radius 1 is 1.25 bits per heavy atom. The first kappa shape index (κ1) is 13.9. The molecule has 2 rings (SSSR count). The van der Waals surface area contributed by atoms with Crippen molar-refractivity contribution in [1.29, 1.82) is 0 Å². The molecule has 0 amide bonds. The summed E-state index contributed by atoms with van der Waals surface area (Å²) in [4.78, 5) is 8.45. The van der Waals surface area contributed by atoms with Gasteiger partial charge in [-0.3, -0.25) is 0 Å². The Balaban J connectivity index is 2.00. The van der Waals surface area contributed by atoms with E-state index < -0.39 is 0 Å². The highest BCUT2D eigenvalue weighted by atomic mass is 16.5. The Bertz CT molecular complexity index is 558. The summed E-state index contributed by atoms with van der Waals surface area (Å²) in [5, 5.41) is 3.20. The van der Waals surface area contributed by atoms with Gasteiger partial charge in [0.1, 0.15) is 5.82 Å². The number of methoxy groups -OCH3 is 1. The molecular weight excluding hydrogens is 256 g/mol. The Morgan fingerprint density at radius 2 is 2.10 bits per heavy atom. The van der Waals surface area contributed by atoms with E-state index in [0.29, 0.717) is 36.4 Å². The maximum absolute atomic E-state index is 5.78. The molecule has 0 aliphatic rings. The van der Waals surface area contributed by atoms with Crippen molar-refractivity contribution >= 4 is 11.5 Å². The number of pyridine rings is 2. The summed E-state index contributed by atoms with van der Waals surface area (Å²) in [5.74, 6) is 1.75. The highest BCUT2D eigenvalue weighted by Gasteiger charge is 2.04. The average molecular weight is 274 g/mol. The van der Waals surface area contributed by atoms with Crippen molar-refractivity contribution in [3.8, 4) is 11.8 Å². The van der Waals surface area contributed by atoms with Gasteiger partial charge in [0.15, 0.2) is 0 Å². The molecule has 0 aromatic carbocycles. The van der Waals surface area contributed by atoms with Crippen molar-refractivity contribution in [2.45, 2.75) is 13.5 Å². The number of hydrogen-bond acceptors (Lipinski definition) is 6. The largest absolute Gasteiger partial charge is 0.481 e. The molecule has 106 valence electrons. The van der Waals surface area contributed by atoms with Gasteiger partial charge in [0.2, 0.25) is 11.8 Å². The van der Waals surface area contributed by atoms with Crippen LogP contribution in [0.15, 0.2) is 30.5 Å². The minimum Gasteiger partial charge on any atom is -0.481 e. The summed E-state index contributed by atoms with van der Waals surface area (Å²) in [5.41, 5.74) is 7.34. The van der Waals surface area contributed by atoms with Crippen LogP contribution in [0.25, 0.3) is 0 Å². The topological polar surface area (TPSA) is 82.3 Å². The van der Waals surface area contributed by atoms with E-state index in [4.69, 9.17) is 15.2 Å². The summed E-state index contributed by atoms with van der Waals surface area (Å²) in [6.45, 7) is 3.03. The lowest BCUT2D eigenvalue weighted by Crippen LogP contribution is -2.05. The number of nitrogens with zero attached hydrogens (tertiary/aromatic N) is 2. The van der Waals surface area contributed by atoms with Gasteiger partial charge in [0.25, 0.3) is 0 Å². The molecule has 0 aliphatic carbocycles. The third-order valence-corrected chi connectivity index (χ3v) is 2.65. The summed E-state index contributed by atoms with van der Waals surface area (Å²) in [7, 11) is 1.59. The third-order valence-electron chi connectivity index (χ3n) is 2.65. The Kier molecular flexibility index (Phi) is 4.60. The van der Waals surface area contributed by atoms with Crippen molar-refractivity contribution in [3.63, 3.8) is 0 Å². The molecule has 0 aliphatic heterocycles. The molecule has 0 spiro atoms.